The first-order valence-electron chi connectivity index (χ1n) is 2.31. The maximum absolute atomic E-state index is 9.51. The molecule has 0 aromatic heterocycles. The molecule has 16 heteroatoms. The van der Waals surface area contributed by atoms with Crippen LogP contribution >= 0.6 is 0 Å². The molecule has 0 bridgehead atoms. The van der Waals surface area contributed by atoms with Gasteiger partial charge in [0.1, 0.15) is 0 Å². The summed E-state index contributed by atoms with van der Waals surface area (Å²) >= 11 is 0. The molecule has 0 fully saturated rings. The number of hydrogen-bond donors (Lipinski definition) is 2. The molecule has 0 saturated heterocycles. The summed E-state index contributed by atoms with van der Waals surface area (Å²) in [6.45, 7) is 0. The van der Waals surface area contributed by atoms with Crippen molar-refractivity contribution in [3.8, 4) is 0 Å². The van der Waals surface area contributed by atoms with Crippen molar-refractivity contribution in [3.05, 3.63) is 0 Å². The number of rotatable bonds is 3. The van der Waals surface area contributed by atoms with E-state index in [2.05, 4.69) is 13.6 Å². The van der Waals surface area contributed by atoms with Gasteiger partial charge in [0.05, 0.1) is 0 Å². The molecule has 92 valence electrons. The summed E-state index contributed by atoms with van der Waals surface area (Å²) in [5.41, 5.74) is 0. The Morgan fingerprint density at radius 1 is 0.941 bits per heavy atom. The van der Waals surface area contributed by atoms with Crippen molar-refractivity contribution in [1.82, 2.24) is 0 Å². The Kier molecular flexibility index (Phi) is 21.5. The largest absolute Gasteiger partial charge is 1.00 e. The second-order valence-corrected chi connectivity index (χ2v) is 3.31. The van der Waals surface area contributed by atoms with E-state index in [1.54, 1.807) is 0 Å². The van der Waals surface area contributed by atoms with Crippen LogP contribution in [0.4, 0.5) is 4.79 Å². The van der Waals surface area contributed by atoms with Crippen LogP contribution in [0, 0.1) is 0 Å². The third kappa shape index (κ3) is 38.1. The zero-order chi connectivity index (χ0) is 12.7. The molecule has 0 amide bonds. The first-order valence-corrected chi connectivity index (χ1v) is 5.04. The average molecular weight is 348 g/mol. The predicted octanol–water partition coefficient (Wildman–Crippen LogP) is -9.83. The molecule has 2 N–H and O–H groups in total. The maximum Gasteiger partial charge on any atom is 1.00 e. The average Bonchev–Trinajstić information content (AvgIpc) is 2.00. The standard InChI is InChI=1S/CH2O4.2K.H2O8S2/c2-1(3)5-4;;;1-9(2,3)7-8-10(4,5)6/h4H,(H,2,3);;;(H,1,2,3)(H,4,5,6)/q;2*+1;/p-2. The molecule has 0 spiro atoms. The second-order valence-electron chi connectivity index (χ2n) is 1.32. The summed E-state index contributed by atoms with van der Waals surface area (Å²) in [5, 5.41) is 17.2. The van der Waals surface area contributed by atoms with Crippen LogP contribution in [0.3, 0.4) is 0 Å². The third-order valence-corrected chi connectivity index (χ3v) is 0.834. The van der Waals surface area contributed by atoms with Gasteiger partial charge < -0.3 is 20.0 Å². The second kappa shape index (κ2) is 13.2. The van der Waals surface area contributed by atoms with E-state index in [1.807, 2.05) is 0 Å². The van der Waals surface area contributed by atoms with Crippen LogP contribution < -0.4 is 113 Å². The molecule has 0 heterocycles. The molecule has 0 aliphatic heterocycles. The van der Waals surface area contributed by atoms with Crippen LogP contribution in [0.25, 0.3) is 0 Å². The van der Waals surface area contributed by atoms with Gasteiger partial charge in [-0.3, -0.25) is 9.11 Å². The van der Waals surface area contributed by atoms with Gasteiger partial charge in [-0.25, -0.2) is 0 Å². The Bertz CT molecular complexity index is 347. The molecule has 0 saturated carbocycles. The summed E-state index contributed by atoms with van der Waals surface area (Å²) in [5.74, 6) is 0. The molecule has 0 aliphatic carbocycles. The summed E-state index contributed by atoms with van der Waals surface area (Å²) in [6, 6.07) is 0. The molecular weight excluding hydrogens is 346 g/mol. The van der Waals surface area contributed by atoms with E-state index in [0.29, 0.717) is 0 Å². The SMILES string of the molecule is O=C([O-])O[O-].O=S(=O)(O)OOS(=O)(=O)O.[K+].[K+]. The third-order valence-electron chi connectivity index (χ3n) is 0.268. The Morgan fingerprint density at radius 3 is 1.18 bits per heavy atom. The summed E-state index contributed by atoms with van der Waals surface area (Å²) in [4.78, 5) is 11.0. The molecule has 17 heavy (non-hydrogen) atoms. The van der Waals surface area contributed by atoms with Crippen molar-refractivity contribution in [2.24, 2.45) is 0 Å². The van der Waals surface area contributed by atoms with Crippen LogP contribution in [0.5, 0.6) is 0 Å². The van der Waals surface area contributed by atoms with Crippen molar-refractivity contribution in [1.29, 1.82) is 0 Å². The van der Waals surface area contributed by atoms with Crippen molar-refractivity contribution in [2.45, 2.75) is 0 Å². The minimum absolute atomic E-state index is 0. The number of carbonyl (C=O) groups is 1. The normalized spacial score (nSPS) is 9.82. The fourth-order valence-corrected chi connectivity index (χ4v) is 0.632. The number of hydrogen-bond acceptors (Lipinski definition) is 10. The fourth-order valence-electron chi connectivity index (χ4n) is 0.0702. The Labute approximate surface area is 180 Å². The molecule has 0 atom stereocenters. The van der Waals surface area contributed by atoms with E-state index in [4.69, 9.17) is 24.3 Å². The van der Waals surface area contributed by atoms with E-state index in [0.717, 1.165) is 0 Å². The van der Waals surface area contributed by atoms with Gasteiger partial charge in [0.15, 0.2) is 0 Å². The number of carbonyl (C=O) groups excluding carboxylic acids is 1. The van der Waals surface area contributed by atoms with Gasteiger partial charge in [0.25, 0.3) is 0 Å². The van der Waals surface area contributed by atoms with Crippen LogP contribution in [0.2, 0.25) is 0 Å². The molecule has 12 nitrogen and oxygen atoms in total. The first kappa shape index (κ1) is 27.6. The Balaban J connectivity index is -0.000000105. The van der Waals surface area contributed by atoms with Crippen LogP contribution in [-0.2, 0) is 34.4 Å². The van der Waals surface area contributed by atoms with Gasteiger partial charge in [-0.2, -0.15) is 16.8 Å². The van der Waals surface area contributed by atoms with Crippen molar-refractivity contribution < 1.29 is 157 Å². The molecule has 0 rings (SSSR count). The molecule has 0 aromatic rings. The minimum Gasteiger partial charge on any atom is -0.755 e. The monoisotopic (exact) mass is 348 g/mol. The van der Waals surface area contributed by atoms with Gasteiger partial charge >= 0.3 is 124 Å². The summed E-state index contributed by atoms with van der Waals surface area (Å²) in [6.07, 6.45) is -2.05. The van der Waals surface area contributed by atoms with Gasteiger partial charge in [-0.1, -0.05) is 8.67 Å². The quantitative estimate of drug-likeness (QED) is 0.211. The van der Waals surface area contributed by atoms with Gasteiger partial charge in [0.2, 0.25) is 6.16 Å². The molecular formula is CH2K2O12S2. The maximum atomic E-state index is 9.51. The smallest absolute Gasteiger partial charge is 0.755 e. The molecule has 0 aromatic carbocycles. The Morgan fingerprint density at radius 2 is 1.12 bits per heavy atom. The van der Waals surface area contributed by atoms with Crippen LogP contribution in [0.1, 0.15) is 0 Å². The van der Waals surface area contributed by atoms with Crippen molar-refractivity contribution in [3.63, 3.8) is 0 Å². The molecule has 0 radical (unpaired) electrons. The minimum atomic E-state index is -5.02. The van der Waals surface area contributed by atoms with E-state index >= 15 is 0 Å². The summed E-state index contributed by atoms with van der Waals surface area (Å²) < 4.78 is 58.9. The number of carboxylic acid groups (broad SMARTS) is 1. The zero-order valence-electron chi connectivity index (χ0n) is 8.29. The van der Waals surface area contributed by atoms with Crippen LogP contribution in [-0.4, -0.2) is 32.1 Å². The predicted molar refractivity (Wildman–Crippen MR) is 31.7 cm³/mol. The van der Waals surface area contributed by atoms with E-state index < -0.39 is 27.0 Å². The molecule has 0 unspecified atom stereocenters. The first-order chi connectivity index (χ1) is 6.48. The van der Waals surface area contributed by atoms with Crippen molar-refractivity contribution >= 4 is 27.0 Å². The Hall–Kier alpha value is 2.24. The van der Waals surface area contributed by atoms with E-state index in [9.17, 15) is 16.8 Å². The topological polar surface area (TPSA) is 200 Å². The van der Waals surface area contributed by atoms with Crippen LogP contribution in [0.15, 0.2) is 0 Å². The molecule has 0 aliphatic rings. The summed E-state index contributed by atoms with van der Waals surface area (Å²) in [7, 11) is -10.0. The van der Waals surface area contributed by atoms with E-state index in [-0.39, 0.29) is 103 Å². The van der Waals surface area contributed by atoms with Gasteiger partial charge in [0, 0.05) is 0 Å². The van der Waals surface area contributed by atoms with Gasteiger partial charge in [-0.15, -0.1) is 0 Å². The van der Waals surface area contributed by atoms with E-state index in [1.165, 1.54) is 0 Å². The zero-order valence-corrected chi connectivity index (χ0v) is 16.2. The fraction of sp³-hybridized carbons (Fsp3) is 0. The van der Waals surface area contributed by atoms with Gasteiger partial charge in [-0.05, 0) is 0 Å². The van der Waals surface area contributed by atoms with Crippen molar-refractivity contribution in [2.75, 3.05) is 0 Å².